The van der Waals surface area contributed by atoms with Crippen LogP contribution in [0.1, 0.15) is 35.4 Å². The van der Waals surface area contributed by atoms with Crippen molar-refractivity contribution in [2.24, 2.45) is 0 Å². The number of carbonyl (C=O) groups is 3. The van der Waals surface area contributed by atoms with Crippen LogP contribution in [-0.4, -0.2) is 65.2 Å². The van der Waals surface area contributed by atoms with Crippen LogP contribution in [0.2, 0.25) is 0 Å². The number of ether oxygens (including phenoxy) is 1. The maximum atomic E-state index is 13.4. The molecule has 0 aromatic heterocycles. The first kappa shape index (κ1) is 24.6. The largest absolute Gasteiger partial charge is 0.480 e. The van der Waals surface area contributed by atoms with Gasteiger partial charge in [-0.1, -0.05) is 78.9 Å². The van der Waals surface area contributed by atoms with Gasteiger partial charge in [-0.15, -0.1) is 0 Å². The van der Waals surface area contributed by atoms with Crippen LogP contribution in [0.5, 0.6) is 0 Å². The van der Waals surface area contributed by atoms with Crippen LogP contribution in [-0.2, 0) is 20.7 Å². The Kier molecular flexibility index (Phi) is 6.95. The third-order valence-electron chi connectivity index (χ3n) is 7.48. The molecule has 2 aliphatic rings. The molecule has 37 heavy (non-hydrogen) atoms. The Morgan fingerprint density at radius 3 is 2.16 bits per heavy atom. The lowest BCUT2D eigenvalue weighted by molar-refractivity contribution is -0.150. The molecule has 0 radical (unpaired) electrons. The minimum absolute atomic E-state index is 0.0713. The molecule has 7 heteroatoms. The Labute approximate surface area is 216 Å². The van der Waals surface area contributed by atoms with Gasteiger partial charge < -0.3 is 14.7 Å². The monoisotopic (exact) mass is 498 g/mol. The molecule has 3 aromatic rings. The van der Waals surface area contributed by atoms with Crippen molar-refractivity contribution < 1.29 is 24.2 Å². The fourth-order valence-electron chi connectivity index (χ4n) is 5.53. The highest BCUT2D eigenvalue weighted by molar-refractivity contribution is 5.89. The number of amides is 2. The number of hydrogen-bond donors (Lipinski definition) is 1. The Balaban J connectivity index is 1.27. The topological polar surface area (TPSA) is 87.2 Å². The van der Waals surface area contributed by atoms with E-state index in [0.29, 0.717) is 19.4 Å². The SMILES string of the molecule is CN(C(=O)[C@@H]1CCCN1C(=O)OCC1c2ccccc2-c2ccccc21)[C@@H](Cc1ccccc1)C(=O)O. The first-order valence-electron chi connectivity index (χ1n) is 12.6. The molecule has 5 rings (SSSR count). The minimum Gasteiger partial charge on any atom is -0.480 e. The second-order valence-electron chi connectivity index (χ2n) is 9.65. The number of aliphatic carboxylic acids is 1. The summed E-state index contributed by atoms with van der Waals surface area (Å²) in [5, 5.41) is 9.84. The predicted octanol–water partition coefficient (Wildman–Crippen LogP) is 4.55. The fourth-order valence-corrected chi connectivity index (χ4v) is 5.53. The second kappa shape index (κ2) is 10.5. The van der Waals surface area contributed by atoms with E-state index >= 15 is 0 Å². The lowest BCUT2D eigenvalue weighted by Crippen LogP contribution is -2.52. The van der Waals surface area contributed by atoms with Crippen molar-refractivity contribution in [1.82, 2.24) is 9.80 Å². The number of hydrogen-bond acceptors (Lipinski definition) is 4. The van der Waals surface area contributed by atoms with E-state index in [9.17, 15) is 19.5 Å². The normalized spacial score (nSPS) is 17.1. The summed E-state index contributed by atoms with van der Waals surface area (Å²) >= 11 is 0. The van der Waals surface area contributed by atoms with Gasteiger partial charge in [0.05, 0.1) is 0 Å². The molecule has 1 N–H and O–H groups in total. The maximum absolute atomic E-state index is 13.4. The molecule has 1 heterocycles. The van der Waals surface area contributed by atoms with Crippen LogP contribution < -0.4 is 0 Å². The maximum Gasteiger partial charge on any atom is 0.410 e. The highest BCUT2D eigenvalue weighted by Gasteiger charge is 2.40. The number of carboxylic acid groups (broad SMARTS) is 1. The van der Waals surface area contributed by atoms with E-state index in [2.05, 4.69) is 24.3 Å². The molecule has 1 aliphatic carbocycles. The van der Waals surface area contributed by atoms with E-state index in [1.807, 2.05) is 54.6 Å². The fraction of sp³-hybridized carbons (Fsp3) is 0.300. The van der Waals surface area contributed by atoms with Crippen LogP contribution in [0.15, 0.2) is 78.9 Å². The molecule has 0 spiro atoms. The van der Waals surface area contributed by atoms with Crippen LogP contribution in [0.4, 0.5) is 4.79 Å². The van der Waals surface area contributed by atoms with Gasteiger partial charge in [0.1, 0.15) is 18.7 Å². The highest BCUT2D eigenvalue weighted by atomic mass is 16.6. The Hall–Kier alpha value is -4.13. The number of likely N-dealkylation sites (tertiary alicyclic amines) is 1. The van der Waals surface area contributed by atoms with Crippen molar-refractivity contribution in [3.8, 4) is 11.1 Å². The van der Waals surface area contributed by atoms with Crippen LogP contribution >= 0.6 is 0 Å². The second-order valence-corrected chi connectivity index (χ2v) is 9.65. The van der Waals surface area contributed by atoms with Crippen molar-refractivity contribution in [1.29, 1.82) is 0 Å². The summed E-state index contributed by atoms with van der Waals surface area (Å²) in [7, 11) is 1.50. The van der Waals surface area contributed by atoms with E-state index in [0.717, 1.165) is 27.8 Å². The summed E-state index contributed by atoms with van der Waals surface area (Å²) in [6, 6.07) is 23.7. The first-order valence-corrected chi connectivity index (χ1v) is 12.6. The quantitative estimate of drug-likeness (QED) is 0.516. The van der Waals surface area contributed by atoms with Crippen LogP contribution in [0.25, 0.3) is 11.1 Å². The lowest BCUT2D eigenvalue weighted by atomic mass is 9.98. The van der Waals surface area contributed by atoms with E-state index in [-0.39, 0.29) is 24.9 Å². The van der Waals surface area contributed by atoms with Gasteiger partial charge in [-0.2, -0.15) is 0 Å². The summed E-state index contributed by atoms with van der Waals surface area (Å²) in [6.45, 7) is 0.573. The lowest BCUT2D eigenvalue weighted by Gasteiger charge is -2.31. The number of fused-ring (bicyclic) bond motifs is 3. The number of likely N-dealkylation sites (N-methyl/N-ethyl adjacent to an activating group) is 1. The predicted molar refractivity (Wildman–Crippen MR) is 139 cm³/mol. The highest BCUT2D eigenvalue weighted by Crippen LogP contribution is 2.44. The summed E-state index contributed by atoms with van der Waals surface area (Å²) in [5.74, 6) is -1.53. The summed E-state index contributed by atoms with van der Waals surface area (Å²) < 4.78 is 5.79. The zero-order valence-electron chi connectivity index (χ0n) is 20.7. The van der Waals surface area contributed by atoms with E-state index < -0.39 is 24.1 Å². The molecular formula is C30H30N2O5. The number of carboxylic acids is 1. The molecular weight excluding hydrogens is 468 g/mol. The van der Waals surface area contributed by atoms with Crippen molar-refractivity contribution in [2.45, 2.75) is 37.3 Å². The van der Waals surface area contributed by atoms with Crippen LogP contribution in [0.3, 0.4) is 0 Å². The molecule has 1 saturated heterocycles. The third-order valence-corrected chi connectivity index (χ3v) is 7.48. The zero-order chi connectivity index (χ0) is 25.9. The third kappa shape index (κ3) is 4.81. The molecule has 2 amide bonds. The van der Waals surface area contributed by atoms with Gasteiger partial charge in [0.15, 0.2) is 0 Å². The summed E-state index contributed by atoms with van der Waals surface area (Å²) in [5.41, 5.74) is 5.36. The van der Waals surface area contributed by atoms with E-state index in [1.165, 1.54) is 16.8 Å². The Bertz CT molecular complexity index is 1260. The van der Waals surface area contributed by atoms with Gasteiger partial charge in [-0.25, -0.2) is 9.59 Å². The van der Waals surface area contributed by atoms with Crippen molar-refractivity contribution in [3.05, 3.63) is 95.6 Å². The van der Waals surface area contributed by atoms with Gasteiger partial charge in [-0.05, 0) is 40.7 Å². The molecule has 2 atom stereocenters. The average Bonchev–Trinajstić information content (AvgIpc) is 3.53. The smallest absolute Gasteiger partial charge is 0.410 e. The van der Waals surface area contributed by atoms with Gasteiger partial charge in [-0.3, -0.25) is 9.69 Å². The summed E-state index contributed by atoms with van der Waals surface area (Å²) in [4.78, 5) is 41.3. The molecule has 0 bridgehead atoms. The molecule has 190 valence electrons. The van der Waals surface area contributed by atoms with Crippen molar-refractivity contribution in [2.75, 3.05) is 20.2 Å². The first-order chi connectivity index (χ1) is 18.0. The summed E-state index contributed by atoms with van der Waals surface area (Å²) in [6.07, 6.45) is 0.785. The zero-order valence-corrected chi connectivity index (χ0v) is 20.7. The number of benzene rings is 3. The van der Waals surface area contributed by atoms with Gasteiger partial charge in [0.25, 0.3) is 0 Å². The average molecular weight is 499 g/mol. The molecule has 1 fully saturated rings. The Morgan fingerprint density at radius 2 is 1.54 bits per heavy atom. The molecule has 0 unspecified atom stereocenters. The number of nitrogens with zero attached hydrogens (tertiary/aromatic N) is 2. The van der Waals surface area contributed by atoms with Crippen LogP contribution in [0, 0.1) is 0 Å². The van der Waals surface area contributed by atoms with E-state index in [4.69, 9.17) is 4.74 Å². The standard InChI is InChI=1S/C30H30N2O5/c1-31(27(29(34)35)18-20-10-3-2-4-11-20)28(33)26-16-9-17-32(26)30(36)37-19-25-23-14-7-5-12-21(23)22-13-6-8-15-24(22)25/h2-8,10-15,25-27H,9,16-19H2,1H3,(H,34,35)/t26-,27-/m0/s1. The number of carbonyl (C=O) groups excluding carboxylic acids is 2. The molecule has 7 nitrogen and oxygen atoms in total. The van der Waals surface area contributed by atoms with Crippen molar-refractivity contribution in [3.63, 3.8) is 0 Å². The van der Waals surface area contributed by atoms with Gasteiger partial charge in [0, 0.05) is 25.9 Å². The minimum atomic E-state index is -1.08. The van der Waals surface area contributed by atoms with Gasteiger partial charge in [0.2, 0.25) is 5.91 Å². The van der Waals surface area contributed by atoms with Crippen molar-refractivity contribution >= 4 is 18.0 Å². The number of rotatable bonds is 7. The Morgan fingerprint density at radius 1 is 0.946 bits per heavy atom. The van der Waals surface area contributed by atoms with E-state index in [1.54, 1.807) is 0 Å². The molecule has 0 saturated carbocycles. The van der Waals surface area contributed by atoms with Gasteiger partial charge >= 0.3 is 12.1 Å². The molecule has 1 aliphatic heterocycles. The molecule has 3 aromatic carbocycles.